The summed E-state index contributed by atoms with van der Waals surface area (Å²) in [5.41, 5.74) is 0.798. The topological polar surface area (TPSA) is 42.0 Å². The third kappa shape index (κ3) is 3.95. The number of amides is 1. The Morgan fingerprint density at radius 3 is 2.44 bits per heavy atom. The molecule has 1 amide bonds. The van der Waals surface area contributed by atoms with Crippen molar-refractivity contribution in [2.24, 2.45) is 5.41 Å². The maximum atomic E-state index is 12.2. The second kappa shape index (κ2) is 6.02. The number of carbonyl (C=O) groups is 1. The molecular formula is C13H21ClN2OS. The first-order valence-corrected chi connectivity index (χ1v) is 7.41. The van der Waals surface area contributed by atoms with Crippen LogP contribution in [0.5, 0.6) is 0 Å². The Hall–Kier alpha value is -0.610. The molecule has 0 saturated heterocycles. The molecule has 0 aromatic carbocycles. The SMILES string of the molecule is Cc1nc(C)c(C(=O)NC(CCCl)C(C)(C)C)s1. The lowest BCUT2D eigenvalue weighted by Gasteiger charge is -2.31. The van der Waals surface area contributed by atoms with Crippen molar-refractivity contribution in [3.8, 4) is 0 Å². The Kier molecular flexibility index (Phi) is 5.17. The summed E-state index contributed by atoms with van der Waals surface area (Å²) >= 11 is 7.24. The fourth-order valence-corrected chi connectivity index (χ4v) is 2.84. The van der Waals surface area contributed by atoms with Crippen molar-refractivity contribution in [2.45, 2.75) is 47.1 Å². The van der Waals surface area contributed by atoms with Gasteiger partial charge in [0.15, 0.2) is 0 Å². The summed E-state index contributed by atoms with van der Waals surface area (Å²) < 4.78 is 0. The van der Waals surface area contributed by atoms with Crippen LogP contribution < -0.4 is 5.32 Å². The second-order valence-corrected chi connectivity index (χ2v) is 7.10. The van der Waals surface area contributed by atoms with Crippen molar-refractivity contribution in [2.75, 3.05) is 5.88 Å². The number of aromatic nitrogens is 1. The zero-order chi connectivity index (χ0) is 13.9. The molecule has 18 heavy (non-hydrogen) atoms. The molecule has 1 aromatic heterocycles. The molecule has 0 saturated carbocycles. The third-order valence-corrected chi connectivity index (χ3v) is 4.15. The van der Waals surface area contributed by atoms with Gasteiger partial charge in [-0.25, -0.2) is 4.98 Å². The van der Waals surface area contributed by atoms with Crippen molar-refractivity contribution in [3.05, 3.63) is 15.6 Å². The van der Waals surface area contributed by atoms with E-state index in [1.165, 1.54) is 11.3 Å². The average Bonchev–Trinajstić information content (AvgIpc) is 2.55. The highest BCUT2D eigenvalue weighted by Crippen LogP contribution is 2.24. The van der Waals surface area contributed by atoms with E-state index in [1.807, 2.05) is 13.8 Å². The molecule has 0 aliphatic rings. The van der Waals surface area contributed by atoms with Gasteiger partial charge in [-0.15, -0.1) is 22.9 Å². The molecule has 1 unspecified atom stereocenters. The van der Waals surface area contributed by atoms with Crippen LogP contribution in [0.1, 0.15) is 47.6 Å². The number of halogens is 1. The maximum absolute atomic E-state index is 12.2. The Bertz CT molecular complexity index is 423. The highest BCUT2D eigenvalue weighted by atomic mass is 35.5. The molecule has 0 aliphatic heterocycles. The lowest BCUT2D eigenvalue weighted by atomic mass is 9.85. The quantitative estimate of drug-likeness (QED) is 0.861. The summed E-state index contributed by atoms with van der Waals surface area (Å²) in [6, 6.07) is 0.0734. The van der Waals surface area contributed by atoms with Gasteiger partial charge in [0.1, 0.15) is 4.88 Å². The van der Waals surface area contributed by atoms with E-state index < -0.39 is 0 Å². The van der Waals surface area contributed by atoms with Crippen LogP contribution in [-0.4, -0.2) is 22.8 Å². The highest BCUT2D eigenvalue weighted by Gasteiger charge is 2.27. The van der Waals surface area contributed by atoms with Crippen LogP contribution in [0.15, 0.2) is 0 Å². The number of hydrogen-bond acceptors (Lipinski definition) is 3. The van der Waals surface area contributed by atoms with E-state index in [1.54, 1.807) is 0 Å². The lowest BCUT2D eigenvalue weighted by Crippen LogP contribution is -2.44. The van der Waals surface area contributed by atoms with Crippen molar-refractivity contribution in [1.29, 1.82) is 0 Å². The average molecular weight is 289 g/mol. The zero-order valence-electron chi connectivity index (χ0n) is 11.6. The van der Waals surface area contributed by atoms with Gasteiger partial charge >= 0.3 is 0 Å². The summed E-state index contributed by atoms with van der Waals surface area (Å²) in [6.07, 6.45) is 0.771. The van der Waals surface area contributed by atoms with Crippen LogP contribution in [0.2, 0.25) is 0 Å². The number of thiazole rings is 1. The van der Waals surface area contributed by atoms with Crippen molar-refractivity contribution in [3.63, 3.8) is 0 Å². The fourth-order valence-electron chi connectivity index (χ4n) is 1.80. The van der Waals surface area contributed by atoms with Crippen LogP contribution in [0.3, 0.4) is 0 Å². The van der Waals surface area contributed by atoms with Gasteiger partial charge in [-0.05, 0) is 25.7 Å². The number of carbonyl (C=O) groups excluding carboxylic acids is 1. The van der Waals surface area contributed by atoms with E-state index in [2.05, 4.69) is 31.1 Å². The van der Waals surface area contributed by atoms with Crippen molar-refractivity contribution >= 4 is 28.8 Å². The van der Waals surface area contributed by atoms with Gasteiger partial charge in [-0.2, -0.15) is 0 Å². The minimum Gasteiger partial charge on any atom is -0.348 e. The molecule has 5 heteroatoms. The van der Waals surface area contributed by atoms with Crippen LogP contribution in [0, 0.1) is 19.3 Å². The van der Waals surface area contributed by atoms with E-state index in [0.29, 0.717) is 10.8 Å². The molecule has 0 radical (unpaired) electrons. The van der Waals surface area contributed by atoms with Crippen LogP contribution in [-0.2, 0) is 0 Å². The third-order valence-electron chi connectivity index (χ3n) is 2.86. The minimum absolute atomic E-state index is 0.00180. The molecule has 102 valence electrons. The first-order valence-electron chi connectivity index (χ1n) is 6.06. The molecule has 0 spiro atoms. The molecule has 0 fully saturated rings. The summed E-state index contributed by atoms with van der Waals surface area (Å²) in [5.74, 6) is 0.506. The molecule has 0 aliphatic carbocycles. The van der Waals surface area contributed by atoms with Gasteiger partial charge < -0.3 is 5.32 Å². The zero-order valence-corrected chi connectivity index (χ0v) is 13.2. The Morgan fingerprint density at radius 2 is 2.06 bits per heavy atom. The largest absolute Gasteiger partial charge is 0.348 e. The summed E-state index contributed by atoms with van der Waals surface area (Å²) in [7, 11) is 0. The molecule has 1 rings (SSSR count). The van der Waals surface area contributed by atoms with Gasteiger partial charge in [-0.3, -0.25) is 4.79 Å². The van der Waals surface area contributed by atoms with Crippen molar-refractivity contribution < 1.29 is 4.79 Å². The molecular weight excluding hydrogens is 268 g/mol. The second-order valence-electron chi connectivity index (χ2n) is 5.52. The molecule has 1 heterocycles. The number of hydrogen-bond donors (Lipinski definition) is 1. The van der Waals surface area contributed by atoms with E-state index in [-0.39, 0.29) is 17.4 Å². The van der Waals surface area contributed by atoms with Gasteiger partial charge in [0.05, 0.1) is 10.7 Å². The van der Waals surface area contributed by atoms with Crippen LogP contribution >= 0.6 is 22.9 Å². The molecule has 3 nitrogen and oxygen atoms in total. The Labute approximate surface area is 118 Å². The Morgan fingerprint density at radius 1 is 1.44 bits per heavy atom. The Balaban J connectivity index is 2.82. The number of rotatable bonds is 4. The first-order chi connectivity index (χ1) is 8.25. The summed E-state index contributed by atoms with van der Waals surface area (Å²) in [5, 5.41) is 3.99. The first kappa shape index (κ1) is 15.4. The molecule has 1 atom stereocenters. The number of nitrogens with one attached hydrogen (secondary N) is 1. The number of alkyl halides is 1. The van der Waals surface area contributed by atoms with Crippen molar-refractivity contribution in [1.82, 2.24) is 10.3 Å². The minimum atomic E-state index is -0.0388. The van der Waals surface area contributed by atoms with Crippen LogP contribution in [0.4, 0.5) is 0 Å². The highest BCUT2D eigenvalue weighted by molar-refractivity contribution is 7.13. The van der Waals surface area contributed by atoms with Crippen LogP contribution in [0.25, 0.3) is 0 Å². The fraction of sp³-hybridized carbons (Fsp3) is 0.692. The maximum Gasteiger partial charge on any atom is 0.263 e. The van der Waals surface area contributed by atoms with E-state index >= 15 is 0 Å². The van der Waals surface area contributed by atoms with E-state index in [4.69, 9.17) is 11.6 Å². The predicted molar refractivity (Wildman–Crippen MR) is 77.6 cm³/mol. The standard InChI is InChI=1S/C13H21ClN2OS/c1-8-11(18-9(2)15-8)12(17)16-10(6-7-14)13(3,4)5/h10H,6-7H2,1-5H3,(H,16,17). The van der Waals surface area contributed by atoms with Gasteiger partial charge in [0, 0.05) is 11.9 Å². The van der Waals surface area contributed by atoms with Gasteiger partial charge in [0.25, 0.3) is 5.91 Å². The normalized spacial score (nSPS) is 13.4. The van der Waals surface area contributed by atoms with E-state index in [0.717, 1.165) is 17.1 Å². The number of aryl methyl sites for hydroxylation is 2. The smallest absolute Gasteiger partial charge is 0.263 e. The van der Waals surface area contributed by atoms with Gasteiger partial charge in [-0.1, -0.05) is 20.8 Å². The van der Waals surface area contributed by atoms with Gasteiger partial charge in [0.2, 0.25) is 0 Å². The lowest BCUT2D eigenvalue weighted by molar-refractivity contribution is 0.0904. The molecule has 1 aromatic rings. The molecule has 0 bridgehead atoms. The summed E-state index contributed by atoms with van der Waals surface area (Å²) in [4.78, 5) is 17.2. The monoisotopic (exact) mass is 288 g/mol. The predicted octanol–water partition coefficient (Wildman–Crippen LogP) is 3.53. The molecule has 1 N–H and O–H groups in total. The van der Waals surface area contributed by atoms with E-state index in [9.17, 15) is 4.79 Å². The number of nitrogens with zero attached hydrogens (tertiary/aromatic N) is 1. The summed E-state index contributed by atoms with van der Waals surface area (Å²) in [6.45, 7) is 10.1.